The highest BCUT2D eigenvalue weighted by atomic mass is 19.4. The topological polar surface area (TPSA) is 91.6 Å². The van der Waals surface area contributed by atoms with E-state index in [9.17, 15) is 18.0 Å². The van der Waals surface area contributed by atoms with Gasteiger partial charge in [0.1, 0.15) is 12.7 Å². The fourth-order valence-corrected chi connectivity index (χ4v) is 1.85. The normalized spacial score (nSPS) is 11.8. The Hall–Kier alpha value is -2.98. The van der Waals surface area contributed by atoms with Crippen LogP contribution in [0.15, 0.2) is 40.3 Å². The summed E-state index contributed by atoms with van der Waals surface area (Å²) in [4.78, 5) is 19.0. The summed E-state index contributed by atoms with van der Waals surface area (Å²) in [5.74, 6) is -1.75. The Morgan fingerprint density at radius 3 is 2.70 bits per heavy atom. The Bertz CT molecular complexity index is 852. The van der Waals surface area contributed by atoms with Crippen molar-refractivity contribution in [2.24, 2.45) is 0 Å². The summed E-state index contributed by atoms with van der Waals surface area (Å²) in [6, 6.07) is 2.58. The van der Waals surface area contributed by atoms with Crippen LogP contribution >= 0.6 is 0 Å². The largest absolute Gasteiger partial charge is 0.471 e. The average molecular weight is 326 g/mol. The molecular formula is C12H9F3N6O2. The molecule has 0 aliphatic carbocycles. The molecule has 8 nitrogen and oxygen atoms in total. The molecule has 3 heterocycles. The lowest BCUT2D eigenvalue weighted by atomic mass is 10.2. The standard InChI is InChI=1S/C12H9F3N6O2/c13-12(14,15)11-18-10(19-23-11)8-1-2-20(9(22)5-8)3-4-21-7-16-6-17-21/h1-2,5-7H,3-4H2. The first kappa shape index (κ1) is 14.9. The van der Waals surface area contributed by atoms with Crippen LogP contribution in [0, 0.1) is 0 Å². The molecule has 0 atom stereocenters. The van der Waals surface area contributed by atoms with Crippen molar-refractivity contribution < 1.29 is 17.7 Å². The van der Waals surface area contributed by atoms with Crippen LogP contribution in [0.5, 0.6) is 0 Å². The van der Waals surface area contributed by atoms with Crippen molar-refractivity contribution in [2.75, 3.05) is 0 Å². The van der Waals surface area contributed by atoms with Gasteiger partial charge >= 0.3 is 12.1 Å². The molecule has 0 radical (unpaired) electrons. The van der Waals surface area contributed by atoms with Gasteiger partial charge in [-0.2, -0.15) is 23.3 Å². The molecule has 3 aromatic rings. The Balaban J connectivity index is 1.79. The fraction of sp³-hybridized carbons (Fsp3) is 0.250. The number of halogens is 3. The molecule has 0 bridgehead atoms. The van der Waals surface area contributed by atoms with Gasteiger partial charge in [0.05, 0.1) is 6.54 Å². The van der Waals surface area contributed by atoms with E-state index in [1.807, 2.05) is 0 Å². The van der Waals surface area contributed by atoms with E-state index in [1.165, 1.54) is 29.5 Å². The molecule has 0 amide bonds. The first-order chi connectivity index (χ1) is 10.9. The molecule has 23 heavy (non-hydrogen) atoms. The number of alkyl halides is 3. The summed E-state index contributed by atoms with van der Waals surface area (Å²) in [6.45, 7) is 0.766. The van der Waals surface area contributed by atoms with Crippen LogP contribution in [-0.2, 0) is 19.3 Å². The Morgan fingerprint density at radius 1 is 1.26 bits per heavy atom. The molecule has 0 saturated heterocycles. The van der Waals surface area contributed by atoms with Crippen LogP contribution in [0.2, 0.25) is 0 Å². The number of aromatic nitrogens is 6. The molecule has 0 spiro atoms. The van der Waals surface area contributed by atoms with E-state index in [-0.39, 0.29) is 11.4 Å². The summed E-state index contributed by atoms with van der Waals surface area (Å²) in [7, 11) is 0. The van der Waals surface area contributed by atoms with Crippen molar-refractivity contribution in [2.45, 2.75) is 19.3 Å². The summed E-state index contributed by atoms with van der Waals surface area (Å²) >= 11 is 0. The maximum absolute atomic E-state index is 12.4. The quantitative estimate of drug-likeness (QED) is 0.715. The highest BCUT2D eigenvalue weighted by Crippen LogP contribution is 2.28. The monoisotopic (exact) mass is 326 g/mol. The third-order valence-electron chi connectivity index (χ3n) is 2.96. The van der Waals surface area contributed by atoms with Gasteiger partial charge in [-0.15, -0.1) is 0 Å². The van der Waals surface area contributed by atoms with Crippen molar-refractivity contribution >= 4 is 0 Å². The van der Waals surface area contributed by atoms with Crippen molar-refractivity contribution in [3.63, 3.8) is 0 Å². The molecule has 3 rings (SSSR count). The Morgan fingerprint density at radius 2 is 2.09 bits per heavy atom. The first-order valence-corrected chi connectivity index (χ1v) is 6.38. The SMILES string of the molecule is O=c1cc(-c2noc(C(F)(F)F)n2)ccn1CCn1cncn1. The summed E-state index contributed by atoms with van der Waals surface area (Å²) in [5.41, 5.74) is -0.257. The second kappa shape index (κ2) is 5.66. The molecule has 0 unspecified atom stereocenters. The lowest BCUT2D eigenvalue weighted by Crippen LogP contribution is -2.21. The van der Waals surface area contributed by atoms with Crippen molar-refractivity contribution in [3.05, 3.63) is 47.2 Å². The van der Waals surface area contributed by atoms with E-state index >= 15 is 0 Å². The molecule has 3 aromatic heterocycles. The molecule has 0 fully saturated rings. The van der Waals surface area contributed by atoms with Crippen molar-refractivity contribution in [3.8, 4) is 11.4 Å². The molecule has 0 aliphatic heterocycles. The zero-order chi connectivity index (χ0) is 16.4. The third kappa shape index (κ3) is 3.27. The first-order valence-electron chi connectivity index (χ1n) is 6.38. The number of hydrogen-bond donors (Lipinski definition) is 0. The van der Waals surface area contributed by atoms with Gasteiger partial charge in [-0.3, -0.25) is 9.48 Å². The summed E-state index contributed by atoms with van der Waals surface area (Å²) in [5, 5.41) is 7.14. The molecule has 0 aromatic carbocycles. The minimum Gasteiger partial charge on any atom is -0.329 e. The average Bonchev–Trinajstić information content (AvgIpc) is 3.17. The Labute approximate surface area is 126 Å². The van der Waals surface area contributed by atoms with Gasteiger partial charge in [-0.05, 0) is 6.07 Å². The van der Waals surface area contributed by atoms with Crippen LogP contribution in [0.4, 0.5) is 13.2 Å². The minimum absolute atomic E-state index is 0.145. The van der Waals surface area contributed by atoms with Gasteiger partial charge in [0.2, 0.25) is 5.82 Å². The highest BCUT2D eigenvalue weighted by molar-refractivity contribution is 5.52. The number of rotatable bonds is 4. The van der Waals surface area contributed by atoms with E-state index in [0.717, 1.165) is 6.07 Å². The second-order valence-corrected chi connectivity index (χ2v) is 4.53. The van der Waals surface area contributed by atoms with Crippen LogP contribution in [0.3, 0.4) is 0 Å². The fourth-order valence-electron chi connectivity index (χ4n) is 1.85. The molecule has 0 aliphatic rings. The summed E-state index contributed by atoms with van der Waals surface area (Å²) in [6.07, 6.45) is -0.395. The molecule has 0 N–H and O–H groups in total. The van der Waals surface area contributed by atoms with Crippen LogP contribution in [0.1, 0.15) is 5.89 Å². The molecule has 120 valence electrons. The van der Waals surface area contributed by atoms with Gasteiger partial charge in [0.15, 0.2) is 0 Å². The zero-order valence-electron chi connectivity index (χ0n) is 11.4. The van der Waals surface area contributed by atoms with Gasteiger partial charge in [0, 0.05) is 24.4 Å². The predicted molar refractivity (Wildman–Crippen MR) is 69.0 cm³/mol. The van der Waals surface area contributed by atoms with E-state index in [0.29, 0.717) is 13.1 Å². The van der Waals surface area contributed by atoms with Gasteiger partial charge in [0.25, 0.3) is 5.56 Å². The number of pyridine rings is 1. The van der Waals surface area contributed by atoms with E-state index < -0.39 is 17.6 Å². The van der Waals surface area contributed by atoms with Gasteiger partial charge < -0.3 is 9.09 Å². The van der Waals surface area contributed by atoms with Gasteiger partial charge in [-0.25, -0.2) is 4.98 Å². The molecule has 11 heteroatoms. The van der Waals surface area contributed by atoms with Crippen molar-refractivity contribution in [1.29, 1.82) is 0 Å². The number of nitrogens with zero attached hydrogens (tertiary/aromatic N) is 6. The maximum atomic E-state index is 12.4. The predicted octanol–water partition coefficient (Wildman–Crippen LogP) is 1.21. The Kier molecular flexibility index (Phi) is 3.68. The van der Waals surface area contributed by atoms with E-state index in [2.05, 4.69) is 24.7 Å². The second-order valence-electron chi connectivity index (χ2n) is 4.53. The van der Waals surface area contributed by atoms with Crippen LogP contribution in [0.25, 0.3) is 11.4 Å². The smallest absolute Gasteiger partial charge is 0.329 e. The molecular weight excluding hydrogens is 317 g/mol. The van der Waals surface area contributed by atoms with Crippen molar-refractivity contribution in [1.82, 2.24) is 29.5 Å². The number of hydrogen-bond acceptors (Lipinski definition) is 6. The lowest BCUT2D eigenvalue weighted by Gasteiger charge is -2.05. The zero-order valence-corrected chi connectivity index (χ0v) is 11.4. The van der Waals surface area contributed by atoms with Crippen LogP contribution < -0.4 is 5.56 Å². The van der Waals surface area contributed by atoms with Crippen LogP contribution in [-0.4, -0.2) is 29.5 Å². The van der Waals surface area contributed by atoms with Gasteiger partial charge in [-0.1, -0.05) is 5.16 Å². The lowest BCUT2D eigenvalue weighted by molar-refractivity contribution is -0.159. The minimum atomic E-state index is -4.72. The third-order valence-corrected chi connectivity index (χ3v) is 2.96. The maximum Gasteiger partial charge on any atom is 0.471 e. The highest BCUT2D eigenvalue weighted by Gasteiger charge is 2.38. The molecule has 0 saturated carbocycles. The summed E-state index contributed by atoms with van der Waals surface area (Å²) < 4.78 is 44.3. The number of aryl methyl sites for hydroxylation is 2. The van der Waals surface area contributed by atoms with E-state index in [4.69, 9.17) is 0 Å². The van der Waals surface area contributed by atoms with E-state index in [1.54, 1.807) is 4.68 Å².